The first-order chi connectivity index (χ1) is 12.4. The molecule has 0 spiro atoms. The third kappa shape index (κ3) is 7.78. The minimum atomic E-state index is -0.833. The van der Waals surface area contributed by atoms with E-state index in [0.717, 1.165) is 19.8 Å². The van der Waals surface area contributed by atoms with Crippen LogP contribution in [0.15, 0.2) is 24.3 Å². The summed E-state index contributed by atoms with van der Waals surface area (Å²) in [6.45, 7) is 8.11. The molecule has 0 aromatic heterocycles. The molecule has 0 aliphatic heterocycles. The van der Waals surface area contributed by atoms with Crippen LogP contribution in [0.2, 0.25) is 0 Å². The van der Waals surface area contributed by atoms with Crippen LogP contribution in [0.4, 0.5) is 0 Å². The average molecular weight is 378 g/mol. The molecule has 3 N–H and O–H groups in total. The van der Waals surface area contributed by atoms with E-state index in [9.17, 15) is 9.59 Å². The number of hydrogen-bond donors (Lipinski definition) is 2. The van der Waals surface area contributed by atoms with Gasteiger partial charge in [0.1, 0.15) is 12.1 Å². The SMILES string of the molecule is CC(=O)O.C[C@H](N)C(=O)N(CC(=O)OC(C)(C)C)C1Cc2ccccc2C1. The van der Waals surface area contributed by atoms with Crippen molar-refractivity contribution in [1.29, 1.82) is 0 Å². The molecule has 1 aliphatic rings. The van der Waals surface area contributed by atoms with Crippen LogP contribution in [0.5, 0.6) is 0 Å². The van der Waals surface area contributed by atoms with Gasteiger partial charge in [0.05, 0.1) is 6.04 Å². The molecular weight excluding hydrogens is 348 g/mol. The first-order valence-corrected chi connectivity index (χ1v) is 8.95. The molecule has 1 aliphatic carbocycles. The Kier molecular flexibility index (Phi) is 7.97. The smallest absolute Gasteiger partial charge is 0.326 e. The van der Waals surface area contributed by atoms with E-state index in [-0.39, 0.29) is 18.5 Å². The maximum atomic E-state index is 12.5. The number of carboxylic acid groups (broad SMARTS) is 1. The first kappa shape index (κ1) is 22.6. The van der Waals surface area contributed by atoms with Gasteiger partial charge in [-0.2, -0.15) is 0 Å². The predicted octanol–water partition coefficient (Wildman–Crippen LogP) is 1.76. The number of carbonyl (C=O) groups excluding carboxylic acids is 2. The molecule has 7 heteroatoms. The molecular formula is C20H30N2O5. The average Bonchev–Trinajstić information content (AvgIpc) is 2.93. The molecule has 7 nitrogen and oxygen atoms in total. The van der Waals surface area contributed by atoms with Crippen molar-refractivity contribution in [1.82, 2.24) is 4.90 Å². The van der Waals surface area contributed by atoms with Crippen LogP contribution in [0.1, 0.15) is 45.7 Å². The second kappa shape index (κ2) is 9.50. The highest BCUT2D eigenvalue weighted by Crippen LogP contribution is 2.26. The van der Waals surface area contributed by atoms with E-state index in [2.05, 4.69) is 12.1 Å². The number of nitrogens with zero attached hydrogens (tertiary/aromatic N) is 1. The summed E-state index contributed by atoms with van der Waals surface area (Å²) in [4.78, 5) is 35.2. The Morgan fingerprint density at radius 2 is 1.67 bits per heavy atom. The molecule has 0 fully saturated rings. The summed E-state index contributed by atoms with van der Waals surface area (Å²) in [7, 11) is 0. The Morgan fingerprint density at radius 3 is 2.04 bits per heavy atom. The maximum Gasteiger partial charge on any atom is 0.326 e. The predicted molar refractivity (Wildman–Crippen MR) is 102 cm³/mol. The van der Waals surface area contributed by atoms with E-state index in [1.165, 1.54) is 11.1 Å². The Hall–Kier alpha value is -2.41. The van der Waals surface area contributed by atoms with Gasteiger partial charge in [-0.15, -0.1) is 0 Å². The Morgan fingerprint density at radius 1 is 1.22 bits per heavy atom. The lowest BCUT2D eigenvalue weighted by Gasteiger charge is -2.31. The molecule has 0 unspecified atom stereocenters. The lowest BCUT2D eigenvalue weighted by atomic mass is 10.1. The number of rotatable bonds is 4. The minimum absolute atomic E-state index is 0.0431. The Balaban J connectivity index is 0.000000828. The molecule has 0 saturated heterocycles. The van der Waals surface area contributed by atoms with Gasteiger partial charge in [-0.3, -0.25) is 14.4 Å². The number of carbonyl (C=O) groups is 3. The van der Waals surface area contributed by atoms with Gasteiger partial charge in [0, 0.05) is 13.0 Å². The van der Waals surface area contributed by atoms with E-state index in [1.807, 2.05) is 32.9 Å². The normalized spacial score (nSPS) is 14.4. The van der Waals surface area contributed by atoms with Crippen LogP contribution in [0.25, 0.3) is 0 Å². The van der Waals surface area contributed by atoms with Gasteiger partial charge in [-0.25, -0.2) is 0 Å². The number of amides is 1. The number of hydrogen-bond acceptors (Lipinski definition) is 5. The largest absolute Gasteiger partial charge is 0.481 e. The number of benzene rings is 1. The van der Waals surface area contributed by atoms with Crippen molar-refractivity contribution in [3.63, 3.8) is 0 Å². The van der Waals surface area contributed by atoms with Crippen molar-refractivity contribution in [3.8, 4) is 0 Å². The zero-order valence-corrected chi connectivity index (χ0v) is 16.7. The number of aliphatic carboxylic acids is 1. The van der Waals surface area contributed by atoms with Crippen LogP contribution >= 0.6 is 0 Å². The van der Waals surface area contributed by atoms with Gasteiger partial charge >= 0.3 is 5.97 Å². The molecule has 0 radical (unpaired) electrons. The van der Waals surface area contributed by atoms with Crippen molar-refractivity contribution >= 4 is 17.8 Å². The van der Waals surface area contributed by atoms with E-state index < -0.39 is 23.6 Å². The number of carboxylic acids is 1. The highest BCUT2D eigenvalue weighted by Gasteiger charge is 2.33. The summed E-state index contributed by atoms with van der Waals surface area (Å²) in [5.74, 6) is -1.45. The van der Waals surface area contributed by atoms with Gasteiger partial charge in [-0.1, -0.05) is 24.3 Å². The van der Waals surface area contributed by atoms with E-state index in [1.54, 1.807) is 11.8 Å². The van der Waals surface area contributed by atoms with Crippen molar-refractivity contribution in [3.05, 3.63) is 35.4 Å². The third-order valence-corrected chi connectivity index (χ3v) is 3.86. The van der Waals surface area contributed by atoms with E-state index >= 15 is 0 Å². The fourth-order valence-electron chi connectivity index (χ4n) is 2.92. The molecule has 0 heterocycles. The number of ether oxygens (including phenoxy) is 1. The number of esters is 1. The highest BCUT2D eigenvalue weighted by molar-refractivity contribution is 5.86. The Bertz CT molecular complexity index is 650. The van der Waals surface area contributed by atoms with Gasteiger partial charge in [-0.05, 0) is 51.7 Å². The van der Waals surface area contributed by atoms with Crippen molar-refractivity contribution in [2.24, 2.45) is 5.73 Å². The minimum Gasteiger partial charge on any atom is -0.481 e. The van der Waals surface area contributed by atoms with Crippen LogP contribution in [0, 0.1) is 0 Å². The molecule has 1 amide bonds. The maximum absolute atomic E-state index is 12.5. The summed E-state index contributed by atoms with van der Waals surface area (Å²) < 4.78 is 5.36. The van der Waals surface area contributed by atoms with Crippen LogP contribution in [-0.2, 0) is 32.0 Å². The molecule has 150 valence electrons. The van der Waals surface area contributed by atoms with Crippen molar-refractivity contribution < 1.29 is 24.2 Å². The molecule has 1 aromatic carbocycles. The van der Waals surface area contributed by atoms with Gasteiger partial charge in [0.15, 0.2) is 0 Å². The standard InChI is InChI=1S/C18H26N2O3.C2H4O2/c1-12(19)17(22)20(11-16(21)23-18(2,3)4)15-9-13-7-5-6-8-14(13)10-15;1-2(3)4/h5-8,12,15H,9-11,19H2,1-4H3;1H3,(H,3,4)/t12-;/m0./s1. The van der Waals surface area contributed by atoms with Crippen LogP contribution in [0.3, 0.4) is 0 Å². The molecule has 2 rings (SSSR count). The summed E-state index contributed by atoms with van der Waals surface area (Å²) in [5.41, 5.74) is 7.65. The topological polar surface area (TPSA) is 110 Å². The number of fused-ring (bicyclic) bond motifs is 1. The van der Waals surface area contributed by atoms with E-state index in [4.69, 9.17) is 20.4 Å². The molecule has 0 bridgehead atoms. The molecule has 1 atom stereocenters. The van der Waals surface area contributed by atoms with Gasteiger partial charge in [0.2, 0.25) is 5.91 Å². The zero-order valence-electron chi connectivity index (χ0n) is 16.7. The lowest BCUT2D eigenvalue weighted by molar-refractivity contribution is -0.160. The van der Waals surface area contributed by atoms with Crippen LogP contribution < -0.4 is 5.73 Å². The summed E-state index contributed by atoms with van der Waals surface area (Å²) in [6.07, 6.45) is 1.49. The van der Waals surface area contributed by atoms with Gasteiger partial charge in [0.25, 0.3) is 5.97 Å². The summed E-state index contributed by atoms with van der Waals surface area (Å²) >= 11 is 0. The monoisotopic (exact) mass is 378 g/mol. The van der Waals surface area contributed by atoms with Crippen molar-refractivity contribution in [2.45, 2.75) is 65.1 Å². The second-order valence-corrected chi connectivity index (χ2v) is 7.69. The summed E-state index contributed by atoms with van der Waals surface area (Å²) in [6, 6.07) is 7.44. The van der Waals surface area contributed by atoms with Crippen molar-refractivity contribution in [2.75, 3.05) is 6.54 Å². The third-order valence-electron chi connectivity index (χ3n) is 3.86. The Labute approximate surface area is 160 Å². The molecule has 27 heavy (non-hydrogen) atoms. The zero-order chi connectivity index (χ0) is 20.8. The quantitative estimate of drug-likeness (QED) is 0.773. The highest BCUT2D eigenvalue weighted by atomic mass is 16.6. The first-order valence-electron chi connectivity index (χ1n) is 8.95. The van der Waals surface area contributed by atoms with Crippen LogP contribution in [-0.4, -0.2) is 52.1 Å². The second-order valence-electron chi connectivity index (χ2n) is 7.69. The molecule has 1 aromatic rings. The lowest BCUT2D eigenvalue weighted by Crippen LogP contribution is -2.50. The molecule has 0 saturated carbocycles. The number of nitrogens with two attached hydrogens (primary N) is 1. The van der Waals surface area contributed by atoms with Gasteiger partial charge < -0.3 is 20.5 Å². The summed E-state index contributed by atoms with van der Waals surface area (Å²) in [5, 5.41) is 7.42. The fourth-order valence-corrected chi connectivity index (χ4v) is 2.92. The fraction of sp³-hybridized carbons (Fsp3) is 0.550. The van der Waals surface area contributed by atoms with E-state index in [0.29, 0.717) is 0 Å².